The minimum absolute atomic E-state index is 0.0544. The summed E-state index contributed by atoms with van der Waals surface area (Å²) in [6.07, 6.45) is 1.19. The number of Topliss-reactive ketones (excluding diaryl/α,β-unsaturated/α-hetero) is 2. The number of ketones is 2. The van der Waals surface area contributed by atoms with Crippen molar-refractivity contribution in [1.29, 1.82) is 0 Å². The van der Waals surface area contributed by atoms with Crippen LogP contribution in [0.4, 0.5) is 0 Å². The van der Waals surface area contributed by atoms with E-state index in [1.165, 1.54) is 0 Å². The fourth-order valence-corrected chi connectivity index (χ4v) is 1.50. The minimum atomic E-state index is -0.0544. The van der Waals surface area contributed by atoms with E-state index in [4.69, 9.17) is 0 Å². The molecule has 0 aromatic carbocycles. The Labute approximate surface area is 72.7 Å². The van der Waals surface area contributed by atoms with Gasteiger partial charge in [-0.15, -0.1) is 0 Å². The molecular formula is C10H14O2. The van der Waals surface area contributed by atoms with E-state index >= 15 is 0 Å². The van der Waals surface area contributed by atoms with E-state index in [1.807, 2.05) is 6.92 Å². The predicted molar refractivity (Wildman–Crippen MR) is 46.8 cm³/mol. The first-order valence-corrected chi connectivity index (χ1v) is 4.32. The molecule has 0 saturated heterocycles. The molecule has 1 atom stereocenters. The summed E-state index contributed by atoms with van der Waals surface area (Å²) in [7, 11) is 0. The Morgan fingerprint density at radius 3 is 2.33 bits per heavy atom. The third-order valence-corrected chi connectivity index (χ3v) is 2.65. The van der Waals surface area contributed by atoms with Crippen molar-refractivity contribution < 1.29 is 9.59 Å². The molecule has 0 heterocycles. The average molecular weight is 166 g/mol. The van der Waals surface area contributed by atoms with Crippen LogP contribution in [0, 0.1) is 5.92 Å². The molecule has 0 aromatic heterocycles. The number of hydrogen-bond acceptors (Lipinski definition) is 2. The summed E-state index contributed by atoms with van der Waals surface area (Å²) in [5.74, 6) is 0.245. The van der Waals surface area contributed by atoms with Crippen molar-refractivity contribution in [2.75, 3.05) is 0 Å². The van der Waals surface area contributed by atoms with Gasteiger partial charge in [0.25, 0.3) is 0 Å². The van der Waals surface area contributed by atoms with E-state index in [1.54, 1.807) is 13.8 Å². The van der Waals surface area contributed by atoms with Crippen LogP contribution >= 0.6 is 0 Å². The van der Waals surface area contributed by atoms with E-state index in [-0.39, 0.29) is 17.5 Å². The second-order valence-corrected chi connectivity index (χ2v) is 3.35. The molecule has 0 amide bonds. The summed E-state index contributed by atoms with van der Waals surface area (Å²) in [5, 5.41) is 0. The van der Waals surface area contributed by atoms with E-state index < -0.39 is 0 Å². The maximum absolute atomic E-state index is 11.5. The highest BCUT2D eigenvalue weighted by molar-refractivity contribution is 6.11. The molecule has 1 rings (SSSR count). The topological polar surface area (TPSA) is 34.1 Å². The molecule has 0 aromatic rings. The second-order valence-electron chi connectivity index (χ2n) is 3.35. The third kappa shape index (κ3) is 1.33. The van der Waals surface area contributed by atoms with Crippen LogP contribution in [0.2, 0.25) is 0 Å². The van der Waals surface area contributed by atoms with Gasteiger partial charge in [0.05, 0.1) is 0 Å². The molecule has 0 radical (unpaired) electrons. The van der Waals surface area contributed by atoms with Gasteiger partial charge < -0.3 is 0 Å². The molecule has 1 unspecified atom stereocenters. The second kappa shape index (κ2) is 3.21. The van der Waals surface area contributed by atoms with E-state index in [0.29, 0.717) is 17.6 Å². The monoisotopic (exact) mass is 166 g/mol. The minimum Gasteiger partial charge on any atom is -0.295 e. The first kappa shape index (κ1) is 9.17. The highest BCUT2D eigenvalue weighted by Gasteiger charge is 2.28. The zero-order valence-corrected chi connectivity index (χ0v) is 7.81. The number of carbonyl (C=O) groups is 2. The Hall–Kier alpha value is -0.920. The highest BCUT2D eigenvalue weighted by Crippen LogP contribution is 2.25. The lowest BCUT2D eigenvalue weighted by atomic mass is 9.82. The molecule has 2 heteroatoms. The molecule has 1 aliphatic carbocycles. The summed E-state index contributed by atoms with van der Waals surface area (Å²) in [6.45, 7) is 5.43. The predicted octanol–water partition coefficient (Wildman–Crippen LogP) is 1.89. The van der Waals surface area contributed by atoms with E-state index in [2.05, 4.69) is 0 Å². The Kier molecular flexibility index (Phi) is 2.46. The van der Waals surface area contributed by atoms with Crippen molar-refractivity contribution in [2.45, 2.75) is 33.6 Å². The number of allylic oxidation sites excluding steroid dienone is 2. The van der Waals surface area contributed by atoms with Gasteiger partial charge in [-0.25, -0.2) is 0 Å². The Balaban J connectivity index is 3.01. The lowest BCUT2D eigenvalue weighted by Crippen LogP contribution is -2.26. The van der Waals surface area contributed by atoms with Crippen molar-refractivity contribution in [3.8, 4) is 0 Å². The van der Waals surface area contributed by atoms with Gasteiger partial charge in [-0.2, -0.15) is 0 Å². The Morgan fingerprint density at radius 2 is 1.83 bits per heavy atom. The van der Waals surface area contributed by atoms with Crippen LogP contribution in [0.15, 0.2) is 11.1 Å². The molecule has 12 heavy (non-hydrogen) atoms. The van der Waals surface area contributed by atoms with Crippen LogP contribution in [-0.2, 0) is 9.59 Å². The molecule has 1 aliphatic rings. The quantitative estimate of drug-likeness (QED) is 0.596. The van der Waals surface area contributed by atoms with Crippen LogP contribution in [0.5, 0.6) is 0 Å². The molecule has 0 bridgehead atoms. The fourth-order valence-electron chi connectivity index (χ4n) is 1.50. The van der Waals surface area contributed by atoms with Gasteiger partial charge in [0.2, 0.25) is 0 Å². The van der Waals surface area contributed by atoms with E-state index in [9.17, 15) is 9.59 Å². The number of carbonyl (C=O) groups excluding carboxylic acids is 2. The van der Waals surface area contributed by atoms with Crippen molar-refractivity contribution >= 4 is 11.6 Å². The van der Waals surface area contributed by atoms with Gasteiger partial charge in [0, 0.05) is 12.3 Å². The maximum atomic E-state index is 11.5. The summed E-state index contributed by atoms with van der Waals surface area (Å²) in [4.78, 5) is 22.8. The summed E-state index contributed by atoms with van der Waals surface area (Å²) in [6, 6.07) is 0. The lowest BCUT2D eigenvalue weighted by molar-refractivity contribution is -0.126. The summed E-state index contributed by atoms with van der Waals surface area (Å²) in [5.41, 5.74) is 1.32. The van der Waals surface area contributed by atoms with Gasteiger partial charge in [-0.1, -0.05) is 6.92 Å². The fraction of sp³-hybridized carbons (Fsp3) is 0.600. The maximum Gasteiger partial charge on any atom is 0.162 e. The first-order valence-electron chi connectivity index (χ1n) is 4.32. The van der Waals surface area contributed by atoms with Gasteiger partial charge in [-0.05, 0) is 31.4 Å². The van der Waals surface area contributed by atoms with Crippen molar-refractivity contribution in [3.05, 3.63) is 11.1 Å². The smallest absolute Gasteiger partial charge is 0.162 e. The zero-order valence-electron chi connectivity index (χ0n) is 7.81. The Bertz CT molecular complexity index is 261. The average Bonchev–Trinajstić information content (AvgIpc) is 2.08. The van der Waals surface area contributed by atoms with Crippen molar-refractivity contribution in [1.82, 2.24) is 0 Å². The SMILES string of the molecule is CCC1CC(=O)C(C)=C(C)C1=O. The molecule has 0 spiro atoms. The van der Waals surface area contributed by atoms with Crippen LogP contribution < -0.4 is 0 Å². The molecule has 66 valence electrons. The molecule has 0 aliphatic heterocycles. The van der Waals surface area contributed by atoms with Crippen LogP contribution in [0.3, 0.4) is 0 Å². The largest absolute Gasteiger partial charge is 0.295 e. The molecule has 2 nitrogen and oxygen atoms in total. The number of rotatable bonds is 1. The molecule has 0 saturated carbocycles. The van der Waals surface area contributed by atoms with Gasteiger partial charge >= 0.3 is 0 Å². The molecular weight excluding hydrogens is 152 g/mol. The van der Waals surface area contributed by atoms with E-state index in [0.717, 1.165) is 6.42 Å². The summed E-state index contributed by atoms with van der Waals surface area (Å²) < 4.78 is 0. The van der Waals surface area contributed by atoms with Crippen LogP contribution in [0.1, 0.15) is 33.6 Å². The highest BCUT2D eigenvalue weighted by atomic mass is 16.1. The van der Waals surface area contributed by atoms with Crippen molar-refractivity contribution in [3.63, 3.8) is 0 Å². The lowest BCUT2D eigenvalue weighted by Gasteiger charge is -2.20. The van der Waals surface area contributed by atoms with Gasteiger partial charge in [0.1, 0.15) is 0 Å². The normalized spacial score (nSPS) is 25.1. The zero-order chi connectivity index (χ0) is 9.30. The van der Waals surface area contributed by atoms with Crippen molar-refractivity contribution in [2.24, 2.45) is 5.92 Å². The standard InChI is InChI=1S/C10H14O2/c1-4-8-5-9(11)6(2)7(3)10(8)12/h8H,4-5H2,1-3H3. The summed E-state index contributed by atoms with van der Waals surface area (Å²) >= 11 is 0. The van der Waals surface area contributed by atoms with Crippen LogP contribution in [-0.4, -0.2) is 11.6 Å². The first-order chi connectivity index (χ1) is 5.57. The van der Waals surface area contributed by atoms with Gasteiger partial charge in [-0.3, -0.25) is 9.59 Å². The molecule has 0 fully saturated rings. The third-order valence-electron chi connectivity index (χ3n) is 2.65. The Morgan fingerprint density at radius 1 is 1.25 bits per heavy atom. The number of hydrogen-bond donors (Lipinski definition) is 0. The molecule has 0 N–H and O–H groups in total. The van der Waals surface area contributed by atoms with Crippen LogP contribution in [0.25, 0.3) is 0 Å². The van der Waals surface area contributed by atoms with Gasteiger partial charge in [0.15, 0.2) is 11.6 Å².